The molecule has 0 bridgehead atoms. The van der Waals surface area contributed by atoms with E-state index in [1.807, 2.05) is 0 Å². The molecule has 0 aromatic heterocycles. The zero-order valence-electron chi connectivity index (χ0n) is 7.71. The number of hydrogen-bond acceptors (Lipinski definition) is 1. The summed E-state index contributed by atoms with van der Waals surface area (Å²) in [5.41, 5.74) is 0. The Hall–Kier alpha value is -0.0400. The summed E-state index contributed by atoms with van der Waals surface area (Å²) in [7, 11) is 0. The molecular formula is C10H19N. The summed E-state index contributed by atoms with van der Waals surface area (Å²) in [6.07, 6.45) is 3.00. The van der Waals surface area contributed by atoms with Crippen molar-refractivity contribution in [2.75, 3.05) is 19.6 Å². The lowest BCUT2D eigenvalue weighted by molar-refractivity contribution is 0.316. The van der Waals surface area contributed by atoms with E-state index in [1.165, 1.54) is 32.5 Å². The van der Waals surface area contributed by atoms with Gasteiger partial charge in [0.25, 0.3) is 0 Å². The van der Waals surface area contributed by atoms with Gasteiger partial charge >= 0.3 is 0 Å². The van der Waals surface area contributed by atoms with Gasteiger partial charge in [-0.25, -0.2) is 0 Å². The van der Waals surface area contributed by atoms with E-state index in [2.05, 4.69) is 18.7 Å². The minimum absolute atomic E-state index is 1.02. The van der Waals surface area contributed by atoms with Crippen molar-refractivity contribution in [3.05, 3.63) is 0 Å². The van der Waals surface area contributed by atoms with Crippen LogP contribution in [0.4, 0.5) is 0 Å². The van der Waals surface area contributed by atoms with E-state index in [0.717, 1.165) is 17.8 Å². The summed E-state index contributed by atoms with van der Waals surface area (Å²) in [4.78, 5) is 2.61. The molecule has 1 heteroatoms. The lowest BCUT2D eigenvalue weighted by Crippen LogP contribution is -2.21. The Balaban J connectivity index is 1.93. The van der Waals surface area contributed by atoms with E-state index in [1.54, 1.807) is 0 Å². The molecule has 2 rings (SSSR count). The lowest BCUT2D eigenvalue weighted by Gasteiger charge is -2.14. The Morgan fingerprint density at radius 2 is 1.73 bits per heavy atom. The topological polar surface area (TPSA) is 3.24 Å². The van der Waals surface area contributed by atoms with Crippen molar-refractivity contribution >= 4 is 0 Å². The fourth-order valence-electron chi connectivity index (χ4n) is 2.96. The Bertz CT molecular complexity index is 130. The Labute approximate surface area is 69.8 Å². The Morgan fingerprint density at radius 1 is 1.18 bits per heavy atom. The van der Waals surface area contributed by atoms with Crippen LogP contribution in [0.5, 0.6) is 0 Å². The summed E-state index contributed by atoms with van der Waals surface area (Å²) in [5.74, 6) is 3.14. The average Bonchev–Trinajstić information content (AvgIpc) is 2.43. The van der Waals surface area contributed by atoms with Gasteiger partial charge in [-0.05, 0) is 37.1 Å². The highest BCUT2D eigenvalue weighted by Gasteiger charge is 2.38. The maximum atomic E-state index is 2.61. The molecule has 0 radical (unpaired) electrons. The molecule has 1 nitrogen and oxygen atoms in total. The minimum Gasteiger partial charge on any atom is -0.303 e. The van der Waals surface area contributed by atoms with Crippen molar-refractivity contribution in [2.45, 2.75) is 26.7 Å². The number of nitrogens with zero attached hydrogens (tertiary/aromatic N) is 1. The zero-order valence-corrected chi connectivity index (χ0v) is 7.71. The van der Waals surface area contributed by atoms with Crippen molar-refractivity contribution in [2.24, 2.45) is 17.8 Å². The molecule has 64 valence electrons. The molecule has 11 heavy (non-hydrogen) atoms. The van der Waals surface area contributed by atoms with Crippen LogP contribution >= 0.6 is 0 Å². The van der Waals surface area contributed by atoms with Crippen LogP contribution in [0.25, 0.3) is 0 Å². The summed E-state index contributed by atoms with van der Waals surface area (Å²) in [5, 5.41) is 0. The van der Waals surface area contributed by atoms with Gasteiger partial charge in [0, 0.05) is 13.1 Å². The Kier molecular flexibility index (Phi) is 1.92. The Morgan fingerprint density at radius 3 is 2.18 bits per heavy atom. The van der Waals surface area contributed by atoms with Gasteiger partial charge in [-0.15, -0.1) is 0 Å². The molecule has 1 aliphatic carbocycles. The molecule has 0 spiro atoms. The molecule has 0 N–H and O–H groups in total. The van der Waals surface area contributed by atoms with Crippen LogP contribution < -0.4 is 0 Å². The molecule has 1 heterocycles. The maximum Gasteiger partial charge on any atom is 0.00129 e. The normalized spacial score (nSPS) is 44.7. The largest absolute Gasteiger partial charge is 0.303 e. The van der Waals surface area contributed by atoms with Gasteiger partial charge in [0.2, 0.25) is 0 Å². The van der Waals surface area contributed by atoms with Crippen molar-refractivity contribution in [3.8, 4) is 0 Å². The smallest absolute Gasteiger partial charge is 0.00129 e. The van der Waals surface area contributed by atoms with Gasteiger partial charge in [-0.3, -0.25) is 0 Å². The second kappa shape index (κ2) is 2.78. The summed E-state index contributed by atoms with van der Waals surface area (Å²) in [6, 6.07) is 0. The fourth-order valence-corrected chi connectivity index (χ4v) is 2.96. The van der Waals surface area contributed by atoms with Crippen LogP contribution in [0.1, 0.15) is 26.7 Å². The molecule has 0 aromatic carbocycles. The highest BCUT2D eigenvalue weighted by atomic mass is 15.1. The molecule has 1 aliphatic heterocycles. The molecule has 1 saturated carbocycles. The summed E-state index contributed by atoms with van der Waals surface area (Å²) in [6.45, 7) is 8.75. The third-order valence-electron chi connectivity index (χ3n) is 3.51. The van der Waals surface area contributed by atoms with E-state index in [4.69, 9.17) is 0 Å². The van der Waals surface area contributed by atoms with E-state index in [9.17, 15) is 0 Å². The van der Waals surface area contributed by atoms with E-state index in [-0.39, 0.29) is 0 Å². The standard InChI is InChI=1S/C10H19N/c1-3-11-6-9-4-8(2)5-10(9)7-11/h8-10H,3-7H2,1-2H3/t8-,9-,10?/m1/s1. The van der Waals surface area contributed by atoms with Crippen LogP contribution in [0, 0.1) is 17.8 Å². The van der Waals surface area contributed by atoms with Gasteiger partial charge in [0.05, 0.1) is 0 Å². The quantitative estimate of drug-likeness (QED) is 0.557. The molecule has 0 amide bonds. The van der Waals surface area contributed by atoms with E-state index >= 15 is 0 Å². The number of fused-ring (bicyclic) bond motifs is 1. The van der Waals surface area contributed by atoms with Gasteiger partial charge in [0.15, 0.2) is 0 Å². The van der Waals surface area contributed by atoms with Crippen LogP contribution in [0.2, 0.25) is 0 Å². The fraction of sp³-hybridized carbons (Fsp3) is 1.00. The first-order valence-corrected chi connectivity index (χ1v) is 5.02. The van der Waals surface area contributed by atoms with Crippen molar-refractivity contribution in [3.63, 3.8) is 0 Å². The first kappa shape index (κ1) is 7.60. The molecule has 3 atom stereocenters. The van der Waals surface area contributed by atoms with Crippen LogP contribution in [-0.4, -0.2) is 24.5 Å². The highest BCUT2D eigenvalue weighted by molar-refractivity contribution is 4.90. The second-order valence-corrected chi connectivity index (χ2v) is 4.45. The summed E-state index contributed by atoms with van der Waals surface area (Å²) < 4.78 is 0. The van der Waals surface area contributed by atoms with Crippen LogP contribution in [0.15, 0.2) is 0 Å². The molecule has 1 unspecified atom stereocenters. The van der Waals surface area contributed by atoms with Gasteiger partial charge in [-0.2, -0.15) is 0 Å². The molecule has 2 aliphatic rings. The summed E-state index contributed by atoms with van der Waals surface area (Å²) >= 11 is 0. The van der Waals surface area contributed by atoms with Crippen LogP contribution in [-0.2, 0) is 0 Å². The van der Waals surface area contributed by atoms with Crippen molar-refractivity contribution in [1.82, 2.24) is 4.90 Å². The molecule has 0 aromatic rings. The highest BCUT2D eigenvalue weighted by Crippen LogP contribution is 2.40. The van der Waals surface area contributed by atoms with Crippen molar-refractivity contribution < 1.29 is 0 Å². The van der Waals surface area contributed by atoms with Crippen LogP contribution in [0.3, 0.4) is 0 Å². The maximum absolute atomic E-state index is 2.61. The predicted octanol–water partition coefficient (Wildman–Crippen LogP) is 1.98. The van der Waals surface area contributed by atoms with Gasteiger partial charge < -0.3 is 4.90 Å². The number of hydrogen-bond donors (Lipinski definition) is 0. The van der Waals surface area contributed by atoms with E-state index < -0.39 is 0 Å². The minimum atomic E-state index is 1.02. The van der Waals surface area contributed by atoms with Gasteiger partial charge in [-0.1, -0.05) is 13.8 Å². The molecule has 2 fully saturated rings. The lowest BCUT2D eigenvalue weighted by atomic mass is 10.0. The number of likely N-dealkylation sites (tertiary alicyclic amines) is 1. The first-order valence-electron chi connectivity index (χ1n) is 5.02. The van der Waals surface area contributed by atoms with Crippen molar-refractivity contribution in [1.29, 1.82) is 0 Å². The number of rotatable bonds is 1. The third-order valence-corrected chi connectivity index (χ3v) is 3.51. The SMILES string of the molecule is CCN1CC2C[C@H](C)C[C@@H]2C1. The first-order chi connectivity index (χ1) is 5.29. The van der Waals surface area contributed by atoms with E-state index in [0.29, 0.717) is 0 Å². The van der Waals surface area contributed by atoms with Gasteiger partial charge in [0.1, 0.15) is 0 Å². The third kappa shape index (κ3) is 1.31. The zero-order chi connectivity index (χ0) is 7.84. The molecular weight excluding hydrogens is 134 g/mol. The monoisotopic (exact) mass is 153 g/mol. The predicted molar refractivity (Wildman–Crippen MR) is 47.5 cm³/mol. The molecule has 1 saturated heterocycles. The second-order valence-electron chi connectivity index (χ2n) is 4.45. The average molecular weight is 153 g/mol.